The van der Waals surface area contributed by atoms with E-state index < -0.39 is 22.3 Å². The Morgan fingerprint density at radius 3 is 2.35 bits per heavy atom. The molecule has 5 nitrogen and oxygen atoms in total. The van der Waals surface area contributed by atoms with Crippen LogP contribution >= 0.6 is 0 Å². The second-order valence-corrected chi connectivity index (χ2v) is 13.7. The molecule has 0 N–H and O–H groups in total. The van der Waals surface area contributed by atoms with E-state index in [1.807, 2.05) is 0 Å². The van der Waals surface area contributed by atoms with E-state index in [4.69, 9.17) is 0 Å². The molecule has 0 amide bonds. The molecule has 34 heavy (non-hydrogen) atoms. The first-order valence-corrected chi connectivity index (χ1v) is 15.0. The molecule has 4 aliphatic carbocycles. The first-order chi connectivity index (χ1) is 15.5. The molecule has 0 spiro atoms. The number of carbonyl (C=O) groups excluding carboxylic acids is 1. The number of carbonyl (C=O) groups is 1. The number of fused-ring (bicyclic) bond motifs is 5. The van der Waals surface area contributed by atoms with Crippen LogP contribution in [0.1, 0.15) is 111 Å². The van der Waals surface area contributed by atoms with Crippen molar-refractivity contribution in [2.45, 2.75) is 111 Å². The third-order valence-electron chi connectivity index (χ3n) is 11.2. The average Bonchev–Trinajstić information content (AvgIpc) is 3.09. The van der Waals surface area contributed by atoms with Crippen LogP contribution in [0.3, 0.4) is 0 Å². The van der Waals surface area contributed by atoms with Crippen LogP contribution in [0, 0.1) is 52.3 Å². The molecule has 4 fully saturated rings. The Hall–Kier alpha value is 0.380. The van der Waals surface area contributed by atoms with Gasteiger partial charge >= 0.3 is 35.5 Å². The Balaban J connectivity index is 0.00000324. The van der Waals surface area contributed by atoms with Crippen molar-refractivity contribution in [2.24, 2.45) is 52.3 Å². The van der Waals surface area contributed by atoms with Gasteiger partial charge in [-0.1, -0.05) is 53.4 Å². The molecule has 4 saturated carbocycles. The smallest absolute Gasteiger partial charge is 0.716 e. The minimum atomic E-state index is -4.97. The quantitative estimate of drug-likeness (QED) is 0.301. The summed E-state index contributed by atoms with van der Waals surface area (Å²) in [6.07, 6.45) is 16.7. The topological polar surface area (TPSA) is 83.5 Å². The van der Waals surface area contributed by atoms with E-state index >= 15 is 0 Å². The van der Waals surface area contributed by atoms with Crippen LogP contribution in [0.5, 0.6) is 0 Å². The Bertz CT molecular complexity index is 831. The van der Waals surface area contributed by atoms with Gasteiger partial charge in [0.15, 0.2) is 0 Å². The van der Waals surface area contributed by atoms with Crippen LogP contribution in [-0.2, 0) is 19.4 Å². The molecule has 0 aromatic rings. The molecule has 4 rings (SSSR count). The van der Waals surface area contributed by atoms with Gasteiger partial charge in [0.25, 0.3) is 10.4 Å². The fourth-order valence-electron chi connectivity index (χ4n) is 9.52. The van der Waals surface area contributed by atoms with Crippen molar-refractivity contribution >= 4 is 16.4 Å². The Kier molecular flexibility index (Phi) is 9.37. The summed E-state index contributed by atoms with van der Waals surface area (Å²) in [5.41, 5.74) is 1.04. The number of hydrogen-bond acceptors (Lipinski definition) is 5. The van der Waals surface area contributed by atoms with Gasteiger partial charge in [0.05, 0.1) is 5.92 Å². The predicted octanol–water partition coefficient (Wildman–Crippen LogP) is 3.49. The van der Waals surface area contributed by atoms with Gasteiger partial charge in [-0.3, -0.25) is 4.79 Å². The first-order valence-electron chi connectivity index (χ1n) is 13.6. The van der Waals surface area contributed by atoms with Gasteiger partial charge in [-0.05, 0) is 104 Å². The molecule has 190 valence electrons. The maximum absolute atomic E-state index is 11.8. The SMILES string of the molecule is CC(CCC[C@@H](C)[C@H]1CC[C@H]2[C@@H]3CCC4CCCC[C@]4(C)[C@H]3CC[C@]12C)C(=O)OS(=O)(=O)[O-].[Na+]. The standard InChI is InChI=1S/C27H46O5S.Na/c1-18(8-7-9-19(2)25(28)32-33(29,30)31)22-13-14-23-21-12-11-20-10-5-6-16-26(20,3)24(21)15-17-27(22,23)4;/h18-24H,5-17H2,1-4H3,(H,29,30,31);/q;+1/p-1/t18-,19?,20?,21+,22-,23+,24+,26+,27-;/m1./s1. The van der Waals surface area contributed by atoms with Crippen LogP contribution in [0.4, 0.5) is 0 Å². The minimum Gasteiger partial charge on any atom is -0.716 e. The van der Waals surface area contributed by atoms with E-state index in [0.717, 1.165) is 42.4 Å². The van der Waals surface area contributed by atoms with E-state index in [9.17, 15) is 17.8 Å². The summed E-state index contributed by atoms with van der Waals surface area (Å²) in [6, 6.07) is 0. The zero-order valence-electron chi connectivity index (χ0n) is 22.2. The second-order valence-electron chi connectivity index (χ2n) is 12.8. The fraction of sp³-hybridized carbons (Fsp3) is 0.963. The van der Waals surface area contributed by atoms with E-state index in [0.29, 0.717) is 23.2 Å². The third-order valence-corrected chi connectivity index (χ3v) is 11.6. The summed E-state index contributed by atoms with van der Waals surface area (Å²) in [5.74, 6) is 3.56. The summed E-state index contributed by atoms with van der Waals surface area (Å²) < 4.78 is 36.0. The van der Waals surface area contributed by atoms with E-state index in [-0.39, 0.29) is 29.6 Å². The molecule has 0 bridgehead atoms. The van der Waals surface area contributed by atoms with Gasteiger partial charge in [0, 0.05) is 0 Å². The van der Waals surface area contributed by atoms with Gasteiger partial charge in [-0.2, -0.15) is 0 Å². The maximum Gasteiger partial charge on any atom is 1.00 e. The van der Waals surface area contributed by atoms with Crippen molar-refractivity contribution in [3.8, 4) is 0 Å². The van der Waals surface area contributed by atoms with Crippen molar-refractivity contribution in [1.82, 2.24) is 0 Å². The molecule has 0 aromatic heterocycles. The molecule has 0 aliphatic heterocycles. The third kappa shape index (κ3) is 5.61. The number of hydrogen-bond donors (Lipinski definition) is 0. The molecule has 7 heteroatoms. The van der Waals surface area contributed by atoms with Gasteiger partial charge in [0.2, 0.25) is 0 Å². The molecular weight excluding hydrogens is 459 g/mol. The Morgan fingerprint density at radius 2 is 1.65 bits per heavy atom. The Labute approximate surface area is 230 Å². The van der Waals surface area contributed by atoms with E-state index in [1.165, 1.54) is 64.2 Å². The zero-order valence-corrected chi connectivity index (χ0v) is 25.0. The van der Waals surface area contributed by atoms with Crippen LogP contribution in [0.15, 0.2) is 0 Å². The molecule has 4 aliphatic rings. The normalized spacial score (nSPS) is 41.3. The molecule has 0 aromatic carbocycles. The molecule has 0 heterocycles. The van der Waals surface area contributed by atoms with Crippen molar-refractivity contribution in [3.05, 3.63) is 0 Å². The zero-order chi connectivity index (χ0) is 24.0. The van der Waals surface area contributed by atoms with Crippen LogP contribution < -0.4 is 29.6 Å². The number of rotatable bonds is 7. The van der Waals surface area contributed by atoms with Crippen LogP contribution in [-0.4, -0.2) is 18.9 Å². The molecular formula is C27H45NaO5S. The van der Waals surface area contributed by atoms with Gasteiger partial charge in [-0.15, -0.1) is 0 Å². The van der Waals surface area contributed by atoms with Crippen LogP contribution in [0.25, 0.3) is 0 Å². The molecule has 9 atom stereocenters. The van der Waals surface area contributed by atoms with Gasteiger partial charge < -0.3 is 8.74 Å². The largest absolute Gasteiger partial charge is 1.00 e. The summed E-state index contributed by atoms with van der Waals surface area (Å²) in [6.45, 7) is 9.27. The van der Waals surface area contributed by atoms with Crippen LogP contribution in [0.2, 0.25) is 0 Å². The van der Waals surface area contributed by atoms with E-state index in [1.54, 1.807) is 6.92 Å². The van der Waals surface area contributed by atoms with Crippen molar-refractivity contribution in [2.75, 3.05) is 0 Å². The average molecular weight is 505 g/mol. The van der Waals surface area contributed by atoms with Crippen molar-refractivity contribution in [1.29, 1.82) is 0 Å². The van der Waals surface area contributed by atoms with Gasteiger partial charge in [0.1, 0.15) is 0 Å². The second kappa shape index (κ2) is 11.0. The monoisotopic (exact) mass is 504 g/mol. The van der Waals surface area contributed by atoms with Crippen molar-refractivity contribution < 1.29 is 51.5 Å². The molecule has 2 unspecified atom stereocenters. The fourth-order valence-corrected chi connectivity index (χ4v) is 9.88. The maximum atomic E-state index is 11.8. The first kappa shape index (κ1) is 28.9. The summed E-state index contributed by atoms with van der Waals surface area (Å²) in [5, 5.41) is 0. The van der Waals surface area contributed by atoms with Crippen molar-refractivity contribution in [3.63, 3.8) is 0 Å². The summed E-state index contributed by atoms with van der Waals surface area (Å²) >= 11 is 0. The molecule has 0 saturated heterocycles. The molecule has 0 radical (unpaired) electrons. The van der Waals surface area contributed by atoms with E-state index in [2.05, 4.69) is 25.0 Å². The van der Waals surface area contributed by atoms with Gasteiger partial charge in [-0.25, -0.2) is 8.42 Å². The summed E-state index contributed by atoms with van der Waals surface area (Å²) in [4.78, 5) is 11.8. The minimum absolute atomic E-state index is 0. The Morgan fingerprint density at radius 1 is 0.941 bits per heavy atom. The predicted molar refractivity (Wildman–Crippen MR) is 128 cm³/mol. The summed E-state index contributed by atoms with van der Waals surface area (Å²) in [7, 11) is -4.97.